The second-order valence-electron chi connectivity index (χ2n) is 8.53. The van der Waals surface area contributed by atoms with Gasteiger partial charge in [0.25, 0.3) is 0 Å². The summed E-state index contributed by atoms with van der Waals surface area (Å²) < 4.78 is 19.0. The summed E-state index contributed by atoms with van der Waals surface area (Å²) in [5.74, 6) is 1.45. The van der Waals surface area contributed by atoms with Crippen LogP contribution < -0.4 is 20.4 Å². The quantitative estimate of drug-likeness (QED) is 0.576. The number of morpholine rings is 1. The van der Waals surface area contributed by atoms with Crippen molar-refractivity contribution in [1.82, 2.24) is 25.3 Å². The average Bonchev–Trinajstić information content (AvgIpc) is 3.29. The van der Waals surface area contributed by atoms with Crippen LogP contribution in [0.15, 0.2) is 36.7 Å². The van der Waals surface area contributed by atoms with E-state index in [1.165, 1.54) is 12.4 Å². The van der Waals surface area contributed by atoms with Crippen LogP contribution in [0.5, 0.6) is 0 Å². The smallest absolute Gasteiger partial charge is 0.319 e. The first-order valence-corrected chi connectivity index (χ1v) is 11.6. The van der Waals surface area contributed by atoms with Gasteiger partial charge in [0.1, 0.15) is 5.82 Å². The second-order valence-corrected chi connectivity index (χ2v) is 8.53. The van der Waals surface area contributed by atoms with Crippen LogP contribution in [-0.4, -0.2) is 58.3 Å². The van der Waals surface area contributed by atoms with Gasteiger partial charge in [-0.15, -0.1) is 0 Å². The second kappa shape index (κ2) is 9.79. The summed E-state index contributed by atoms with van der Waals surface area (Å²) >= 11 is 0. The maximum absolute atomic E-state index is 13.4. The maximum atomic E-state index is 13.4. The molecule has 0 bridgehead atoms. The number of halogens is 1. The van der Waals surface area contributed by atoms with Gasteiger partial charge in [0.2, 0.25) is 5.95 Å². The van der Waals surface area contributed by atoms with Gasteiger partial charge >= 0.3 is 6.03 Å². The predicted molar refractivity (Wildman–Crippen MR) is 130 cm³/mol. The third-order valence-electron chi connectivity index (χ3n) is 6.03. The van der Waals surface area contributed by atoms with Gasteiger partial charge in [-0.2, -0.15) is 0 Å². The minimum absolute atomic E-state index is 0.162. The van der Waals surface area contributed by atoms with E-state index in [0.29, 0.717) is 50.3 Å². The number of nitrogens with zero attached hydrogens (tertiary/aromatic N) is 6. The molecule has 10 nitrogen and oxygen atoms in total. The lowest BCUT2D eigenvalue weighted by molar-refractivity contribution is 0.0984. The van der Waals surface area contributed by atoms with Gasteiger partial charge in [0.15, 0.2) is 11.6 Å². The van der Waals surface area contributed by atoms with Crippen molar-refractivity contribution in [3.8, 4) is 11.4 Å². The molecule has 1 saturated heterocycles. The molecule has 0 aliphatic carbocycles. The highest BCUT2D eigenvalue weighted by Crippen LogP contribution is 2.34. The number of ether oxygens (including phenoxy) is 1. The molecule has 2 aromatic heterocycles. The molecular weight excluding hydrogens is 451 g/mol. The molecule has 35 heavy (non-hydrogen) atoms. The van der Waals surface area contributed by atoms with Crippen molar-refractivity contribution in [2.75, 3.05) is 41.4 Å². The van der Waals surface area contributed by atoms with E-state index in [-0.39, 0.29) is 12.1 Å². The minimum atomic E-state index is -0.472. The number of nitrogens with one attached hydrogen (secondary N) is 2. The Morgan fingerprint density at radius 2 is 1.94 bits per heavy atom. The van der Waals surface area contributed by atoms with Crippen LogP contribution in [0.4, 0.5) is 26.6 Å². The Kier molecular flexibility index (Phi) is 6.41. The fourth-order valence-corrected chi connectivity index (χ4v) is 4.29. The Labute approximate surface area is 202 Å². The maximum Gasteiger partial charge on any atom is 0.319 e. The van der Waals surface area contributed by atoms with Crippen molar-refractivity contribution >= 4 is 23.5 Å². The highest BCUT2D eigenvalue weighted by Gasteiger charge is 2.31. The topological polar surface area (TPSA) is 108 Å². The van der Waals surface area contributed by atoms with E-state index >= 15 is 0 Å². The van der Waals surface area contributed by atoms with E-state index < -0.39 is 5.82 Å². The fourth-order valence-electron chi connectivity index (χ4n) is 4.29. The molecule has 2 aliphatic rings. The van der Waals surface area contributed by atoms with Crippen LogP contribution in [0.3, 0.4) is 0 Å². The van der Waals surface area contributed by atoms with Gasteiger partial charge in [-0.1, -0.05) is 0 Å². The molecule has 5 rings (SSSR count). The number of carbonyl (C=O) groups excluding carboxylic acids is 1. The molecule has 0 unspecified atom stereocenters. The monoisotopic (exact) mass is 478 g/mol. The van der Waals surface area contributed by atoms with Gasteiger partial charge < -0.3 is 25.2 Å². The van der Waals surface area contributed by atoms with Crippen LogP contribution in [-0.2, 0) is 17.8 Å². The lowest BCUT2D eigenvalue weighted by Crippen LogP contribution is -2.44. The van der Waals surface area contributed by atoms with Crippen LogP contribution in [0.25, 0.3) is 11.4 Å². The standard InChI is InChI=1S/C24H27FN8O2/c1-3-26-24(34)29-18-6-4-16(5-7-18)21-30-20-13-32(23-27-10-17(25)11-28-23)12-19(20)22(31-21)33-8-9-35-14-15(33)2/h4-7,10-11,15H,3,8-9,12-14H2,1-2H3,(H2,26,29,34)/t15-/m0/s1. The summed E-state index contributed by atoms with van der Waals surface area (Å²) in [6.07, 6.45) is 2.34. The molecule has 2 amide bonds. The van der Waals surface area contributed by atoms with E-state index in [1.54, 1.807) is 0 Å². The van der Waals surface area contributed by atoms with Crippen LogP contribution in [0.1, 0.15) is 25.1 Å². The van der Waals surface area contributed by atoms with Crippen LogP contribution in [0.2, 0.25) is 0 Å². The summed E-state index contributed by atoms with van der Waals surface area (Å²) in [6.45, 7) is 7.55. The Hall–Kier alpha value is -3.86. The third-order valence-corrected chi connectivity index (χ3v) is 6.03. The van der Waals surface area contributed by atoms with Crippen molar-refractivity contribution < 1.29 is 13.9 Å². The van der Waals surface area contributed by atoms with E-state index in [9.17, 15) is 9.18 Å². The lowest BCUT2D eigenvalue weighted by atomic mass is 10.1. The van der Waals surface area contributed by atoms with Crippen molar-refractivity contribution in [2.24, 2.45) is 0 Å². The summed E-state index contributed by atoms with van der Waals surface area (Å²) in [5, 5.41) is 5.51. The molecule has 11 heteroatoms. The number of urea groups is 1. The van der Waals surface area contributed by atoms with Crippen molar-refractivity contribution in [3.05, 3.63) is 53.7 Å². The molecule has 3 aromatic rings. The molecule has 2 N–H and O–H groups in total. The van der Waals surface area contributed by atoms with Gasteiger partial charge in [0.05, 0.1) is 50.4 Å². The molecule has 1 aromatic carbocycles. The van der Waals surface area contributed by atoms with Gasteiger partial charge in [-0.25, -0.2) is 29.1 Å². The molecular formula is C24H27FN8O2. The zero-order valence-corrected chi connectivity index (χ0v) is 19.7. The van der Waals surface area contributed by atoms with E-state index in [1.807, 2.05) is 36.1 Å². The summed E-state index contributed by atoms with van der Waals surface area (Å²) in [7, 11) is 0. The first-order valence-electron chi connectivity index (χ1n) is 11.6. The molecule has 0 radical (unpaired) electrons. The normalized spacial score (nSPS) is 17.3. The number of fused-ring (bicyclic) bond motifs is 1. The fraction of sp³-hybridized carbons (Fsp3) is 0.375. The molecule has 2 aliphatic heterocycles. The van der Waals surface area contributed by atoms with Crippen LogP contribution in [0, 0.1) is 5.82 Å². The number of aromatic nitrogens is 4. The number of hydrogen-bond donors (Lipinski definition) is 2. The van der Waals surface area contributed by atoms with Crippen LogP contribution >= 0.6 is 0 Å². The number of benzene rings is 1. The first-order chi connectivity index (χ1) is 17.0. The minimum Gasteiger partial charge on any atom is -0.377 e. The molecule has 4 heterocycles. The highest BCUT2D eigenvalue weighted by atomic mass is 19.1. The summed E-state index contributed by atoms with van der Waals surface area (Å²) in [4.78, 5) is 34.2. The number of anilines is 3. The van der Waals surface area contributed by atoms with Crippen molar-refractivity contribution in [3.63, 3.8) is 0 Å². The predicted octanol–water partition coefficient (Wildman–Crippen LogP) is 2.96. The largest absolute Gasteiger partial charge is 0.377 e. The third kappa shape index (κ3) is 4.85. The molecule has 1 fully saturated rings. The Balaban J connectivity index is 1.48. The average molecular weight is 479 g/mol. The van der Waals surface area contributed by atoms with Gasteiger partial charge in [-0.05, 0) is 38.1 Å². The SMILES string of the molecule is CCNC(=O)Nc1ccc(-c2nc3c(c(N4CCOC[C@@H]4C)n2)CN(c2ncc(F)cn2)C3)cc1. The number of rotatable bonds is 5. The van der Waals surface area contributed by atoms with E-state index in [0.717, 1.165) is 29.2 Å². The van der Waals surface area contributed by atoms with Gasteiger partial charge in [-0.3, -0.25) is 0 Å². The highest BCUT2D eigenvalue weighted by molar-refractivity contribution is 5.89. The molecule has 182 valence electrons. The van der Waals surface area contributed by atoms with Gasteiger partial charge in [0, 0.05) is 29.9 Å². The van der Waals surface area contributed by atoms with Crippen molar-refractivity contribution in [1.29, 1.82) is 0 Å². The number of hydrogen-bond acceptors (Lipinski definition) is 8. The zero-order chi connectivity index (χ0) is 24.4. The zero-order valence-electron chi connectivity index (χ0n) is 19.7. The summed E-state index contributed by atoms with van der Waals surface area (Å²) in [5.41, 5.74) is 3.43. The number of amides is 2. The Bertz CT molecular complexity index is 1210. The number of carbonyl (C=O) groups is 1. The summed E-state index contributed by atoms with van der Waals surface area (Å²) in [6, 6.07) is 7.36. The van der Waals surface area contributed by atoms with Crippen molar-refractivity contribution in [2.45, 2.75) is 33.0 Å². The first kappa shape index (κ1) is 22.9. The Morgan fingerprint density at radius 3 is 2.66 bits per heavy atom. The van der Waals surface area contributed by atoms with E-state index in [4.69, 9.17) is 14.7 Å². The Morgan fingerprint density at radius 1 is 1.17 bits per heavy atom. The molecule has 1 atom stereocenters. The lowest BCUT2D eigenvalue weighted by Gasteiger charge is -2.35. The molecule has 0 saturated carbocycles. The molecule has 0 spiro atoms. The van der Waals surface area contributed by atoms with E-state index in [2.05, 4.69) is 32.4 Å².